The molecule has 1 aliphatic rings. The Balaban J connectivity index is 2.14. The van der Waals surface area contributed by atoms with Crippen molar-refractivity contribution < 1.29 is 0 Å². The van der Waals surface area contributed by atoms with Crippen LogP contribution in [-0.2, 0) is 0 Å². The van der Waals surface area contributed by atoms with Crippen LogP contribution in [0.3, 0.4) is 0 Å². The van der Waals surface area contributed by atoms with E-state index in [1.807, 2.05) is 48.7 Å². The average Bonchev–Trinajstić information content (AvgIpc) is 2.62. The van der Waals surface area contributed by atoms with Gasteiger partial charge in [0.15, 0.2) is 0 Å². The van der Waals surface area contributed by atoms with Crippen molar-refractivity contribution in [2.24, 2.45) is 4.99 Å². The molecule has 0 aliphatic carbocycles. The Morgan fingerprint density at radius 1 is 0.944 bits per heavy atom. The largest absolute Gasteiger partial charge is 0.399 e. The minimum absolute atomic E-state index is 0.759. The molecule has 0 saturated carbocycles. The van der Waals surface area contributed by atoms with Gasteiger partial charge in [0.05, 0.1) is 5.71 Å². The number of para-hydroxylation sites is 1. The van der Waals surface area contributed by atoms with Gasteiger partial charge in [0.2, 0.25) is 0 Å². The topological polar surface area (TPSA) is 50.4 Å². The lowest BCUT2D eigenvalue weighted by Crippen LogP contribution is -2.04. The highest BCUT2D eigenvalue weighted by Crippen LogP contribution is 2.22. The lowest BCUT2D eigenvalue weighted by Gasteiger charge is -2.10. The SMILES string of the molecule is Nc1ccc(C2=NC=CNc3ccccc32)cc1. The molecule has 1 aliphatic heterocycles. The van der Waals surface area contributed by atoms with Crippen molar-refractivity contribution in [2.45, 2.75) is 0 Å². The summed E-state index contributed by atoms with van der Waals surface area (Å²) in [5, 5.41) is 3.22. The number of fused-ring (bicyclic) bond motifs is 1. The van der Waals surface area contributed by atoms with Gasteiger partial charge in [-0.25, -0.2) is 0 Å². The quantitative estimate of drug-likeness (QED) is 0.746. The van der Waals surface area contributed by atoms with Crippen LogP contribution in [0.15, 0.2) is 65.9 Å². The first-order valence-electron chi connectivity index (χ1n) is 5.79. The van der Waals surface area contributed by atoms with E-state index in [1.54, 1.807) is 6.20 Å². The smallest absolute Gasteiger partial charge is 0.0795 e. The van der Waals surface area contributed by atoms with Crippen molar-refractivity contribution >= 4 is 17.1 Å². The van der Waals surface area contributed by atoms with Crippen LogP contribution in [0.25, 0.3) is 0 Å². The van der Waals surface area contributed by atoms with E-state index in [-0.39, 0.29) is 0 Å². The van der Waals surface area contributed by atoms with Gasteiger partial charge >= 0.3 is 0 Å². The molecule has 0 aromatic heterocycles. The number of nitrogens with two attached hydrogens (primary N) is 1. The molecule has 0 radical (unpaired) electrons. The van der Waals surface area contributed by atoms with Crippen molar-refractivity contribution in [3.05, 3.63) is 72.1 Å². The number of hydrogen-bond donors (Lipinski definition) is 2. The van der Waals surface area contributed by atoms with Gasteiger partial charge in [-0.05, 0) is 18.2 Å². The van der Waals surface area contributed by atoms with Gasteiger partial charge in [0.25, 0.3) is 0 Å². The zero-order valence-electron chi connectivity index (χ0n) is 9.80. The zero-order chi connectivity index (χ0) is 12.4. The summed E-state index contributed by atoms with van der Waals surface area (Å²) in [6, 6.07) is 15.9. The van der Waals surface area contributed by atoms with Crippen LogP contribution in [0.5, 0.6) is 0 Å². The second kappa shape index (κ2) is 4.37. The van der Waals surface area contributed by atoms with Gasteiger partial charge < -0.3 is 11.1 Å². The van der Waals surface area contributed by atoms with Crippen LogP contribution in [0.2, 0.25) is 0 Å². The van der Waals surface area contributed by atoms with E-state index in [2.05, 4.69) is 16.4 Å². The summed E-state index contributed by atoms with van der Waals surface area (Å²) in [5.74, 6) is 0. The summed E-state index contributed by atoms with van der Waals surface area (Å²) in [6.45, 7) is 0. The summed E-state index contributed by atoms with van der Waals surface area (Å²) in [7, 11) is 0. The van der Waals surface area contributed by atoms with Crippen molar-refractivity contribution in [2.75, 3.05) is 11.1 Å². The number of nitrogen functional groups attached to an aromatic ring is 1. The summed E-state index contributed by atoms with van der Waals surface area (Å²) in [4.78, 5) is 4.50. The summed E-state index contributed by atoms with van der Waals surface area (Å²) >= 11 is 0. The van der Waals surface area contributed by atoms with Gasteiger partial charge in [-0.1, -0.05) is 30.3 Å². The number of aliphatic imine (C=N–C) groups is 1. The first-order chi connectivity index (χ1) is 8.84. The molecule has 3 rings (SSSR count). The number of benzene rings is 2. The first kappa shape index (κ1) is 10.6. The Hall–Kier alpha value is -2.55. The summed E-state index contributed by atoms with van der Waals surface area (Å²) in [6.07, 6.45) is 3.61. The highest BCUT2D eigenvalue weighted by atomic mass is 14.9. The molecule has 0 saturated heterocycles. The number of nitrogens with zero attached hydrogens (tertiary/aromatic N) is 1. The molecule has 0 amide bonds. The maximum atomic E-state index is 5.72. The van der Waals surface area contributed by atoms with E-state index in [4.69, 9.17) is 5.73 Å². The molecule has 3 heteroatoms. The Kier molecular flexibility index (Phi) is 2.57. The predicted molar refractivity (Wildman–Crippen MR) is 75.7 cm³/mol. The molecule has 2 aromatic rings. The first-order valence-corrected chi connectivity index (χ1v) is 5.79. The lowest BCUT2D eigenvalue weighted by molar-refractivity contribution is 1.52. The van der Waals surface area contributed by atoms with Crippen molar-refractivity contribution in [3.8, 4) is 0 Å². The number of anilines is 2. The summed E-state index contributed by atoms with van der Waals surface area (Å²) in [5.41, 5.74) is 10.6. The fourth-order valence-corrected chi connectivity index (χ4v) is 1.99. The van der Waals surface area contributed by atoms with Gasteiger partial charge in [-0.3, -0.25) is 4.99 Å². The van der Waals surface area contributed by atoms with Crippen LogP contribution in [-0.4, -0.2) is 5.71 Å². The molecule has 88 valence electrons. The Labute approximate surface area is 106 Å². The van der Waals surface area contributed by atoms with Crippen LogP contribution in [0.4, 0.5) is 11.4 Å². The van der Waals surface area contributed by atoms with E-state index in [0.29, 0.717) is 0 Å². The van der Waals surface area contributed by atoms with E-state index < -0.39 is 0 Å². The molecule has 3 nitrogen and oxygen atoms in total. The van der Waals surface area contributed by atoms with E-state index in [9.17, 15) is 0 Å². The molecule has 0 bridgehead atoms. The number of nitrogens with one attached hydrogen (secondary N) is 1. The third-order valence-corrected chi connectivity index (χ3v) is 2.88. The standard InChI is InChI=1S/C15H13N3/c16-12-7-5-11(6-8-12)15-13-3-1-2-4-14(13)17-9-10-18-15/h1-10,17H,16H2. The normalized spacial score (nSPS) is 13.2. The molecule has 3 N–H and O–H groups in total. The molecule has 0 atom stereocenters. The van der Waals surface area contributed by atoms with Crippen LogP contribution in [0.1, 0.15) is 11.1 Å². The molecule has 2 aromatic carbocycles. The fourth-order valence-electron chi connectivity index (χ4n) is 1.99. The second-order valence-corrected chi connectivity index (χ2v) is 4.11. The Bertz CT molecular complexity index is 624. The van der Waals surface area contributed by atoms with Gasteiger partial charge in [0.1, 0.15) is 0 Å². The number of hydrogen-bond acceptors (Lipinski definition) is 3. The lowest BCUT2D eigenvalue weighted by atomic mass is 10.0. The maximum Gasteiger partial charge on any atom is 0.0795 e. The fraction of sp³-hybridized carbons (Fsp3) is 0. The Morgan fingerprint density at radius 2 is 1.72 bits per heavy atom. The van der Waals surface area contributed by atoms with Gasteiger partial charge in [-0.15, -0.1) is 0 Å². The van der Waals surface area contributed by atoms with Crippen LogP contribution < -0.4 is 11.1 Å². The highest BCUT2D eigenvalue weighted by Gasteiger charge is 2.11. The second-order valence-electron chi connectivity index (χ2n) is 4.11. The highest BCUT2D eigenvalue weighted by molar-refractivity contribution is 6.16. The van der Waals surface area contributed by atoms with Crippen molar-refractivity contribution in [3.63, 3.8) is 0 Å². The van der Waals surface area contributed by atoms with Crippen molar-refractivity contribution in [1.29, 1.82) is 0 Å². The molecule has 0 unspecified atom stereocenters. The molecule has 1 heterocycles. The van der Waals surface area contributed by atoms with E-state index in [1.165, 1.54) is 0 Å². The average molecular weight is 235 g/mol. The van der Waals surface area contributed by atoms with E-state index >= 15 is 0 Å². The van der Waals surface area contributed by atoms with Gasteiger partial charge in [0, 0.05) is 34.9 Å². The molecular weight excluding hydrogens is 222 g/mol. The van der Waals surface area contributed by atoms with Crippen molar-refractivity contribution in [1.82, 2.24) is 0 Å². The third kappa shape index (κ3) is 1.86. The Morgan fingerprint density at radius 3 is 2.56 bits per heavy atom. The van der Waals surface area contributed by atoms with Gasteiger partial charge in [-0.2, -0.15) is 0 Å². The molecule has 0 spiro atoms. The third-order valence-electron chi connectivity index (χ3n) is 2.88. The monoisotopic (exact) mass is 235 g/mol. The zero-order valence-corrected chi connectivity index (χ0v) is 9.80. The summed E-state index contributed by atoms with van der Waals surface area (Å²) < 4.78 is 0. The molecular formula is C15H13N3. The van der Waals surface area contributed by atoms with E-state index in [0.717, 1.165) is 28.2 Å². The minimum atomic E-state index is 0.759. The minimum Gasteiger partial charge on any atom is -0.399 e. The van der Waals surface area contributed by atoms with Crippen LogP contribution in [0, 0.1) is 0 Å². The predicted octanol–water partition coefficient (Wildman–Crippen LogP) is 3.00. The molecule has 0 fully saturated rings. The molecule has 18 heavy (non-hydrogen) atoms. The number of rotatable bonds is 1. The maximum absolute atomic E-state index is 5.72. The van der Waals surface area contributed by atoms with Crippen LogP contribution >= 0.6 is 0 Å².